The fourth-order valence-corrected chi connectivity index (χ4v) is 4.23. The molecule has 0 unspecified atom stereocenters. The predicted molar refractivity (Wildman–Crippen MR) is 137 cm³/mol. The Morgan fingerprint density at radius 2 is 1.91 bits per heavy atom. The molecular formula is C28H25ClN4O2. The SMILES string of the molecule is COc1ccccc1-n1c(-c2ccc(Cl)cc2)cc(C(=O)N(CCC#N)Cc2cccnc2)c1C. The number of hydrogen-bond donors (Lipinski definition) is 0. The summed E-state index contributed by atoms with van der Waals surface area (Å²) < 4.78 is 7.66. The molecule has 4 rings (SSSR count). The van der Waals surface area contributed by atoms with E-state index in [-0.39, 0.29) is 12.3 Å². The van der Waals surface area contributed by atoms with Crippen molar-refractivity contribution in [2.75, 3.05) is 13.7 Å². The molecule has 6 nitrogen and oxygen atoms in total. The molecule has 2 aromatic carbocycles. The summed E-state index contributed by atoms with van der Waals surface area (Å²) in [5, 5.41) is 9.82. The van der Waals surface area contributed by atoms with Crippen LogP contribution in [-0.2, 0) is 6.54 Å². The molecule has 176 valence electrons. The molecule has 1 amide bonds. The Kier molecular flexibility index (Phi) is 7.49. The fraction of sp³-hybridized carbons (Fsp3) is 0.179. The van der Waals surface area contributed by atoms with Crippen LogP contribution >= 0.6 is 11.6 Å². The first kappa shape index (κ1) is 24.1. The minimum absolute atomic E-state index is 0.148. The van der Waals surface area contributed by atoms with Crippen LogP contribution < -0.4 is 4.74 Å². The van der Waals surface area contributed by atoms with Gasteiger partial charge in [-0.25, -0.2) is 0 Å². The Balaban J connectivity index is 1.84. The van der Waals surface area contributed by atoms with Crippen molar-refractivity contribution >= 4 is 17.5 Å². The van der Waals surface area contributed by atoms with Gasteiger partial charge in [-0.2, -0.15) is 5.26 Å². The summed E-state index contributed by atoms with van der Waals surface area (Å²) in [5.74, 6) is 0.544. The predicted octanol–water partition coefficient (Wildman–Crippen LogP) is 6.07. The number of rotatable bonds is 8. The zero-order chi connectivity index (χ0) is 24.8. The highest BCUT2D eigenvalue weighted by Crippen LogP contribution is 2.34. The molecule has 2 heterocycles. The van der Waals surface area contributed by atoms with E-state index in [2.05, 4.69) is 11.1 Å². The van der Waals surface area contributed by atoms with Gasteiger partial charge in [0.1, 0.15) is 5.75 Å². The highest BCUT2D eigenvalue weighted by molar-refractivity contribution is 6.30. The van der Waals surface area contributed by atoms with E-state index >= 15 is 0 Å². The first-order valence-electron chi connectivity index (χ1n) is 11.2. The summed E-state index contributed by atoms with van der Waals surface area (Å²) >= 11 is 6.14. The van der Waals surface area contributed by atoms with Crippen molar-refractivity contribution < 1.29 is 9.53 Å². The van der Waals surface area contributed by atoms with Crippen LogP contribution in [0, 0.1) is 18.3 Å². The highest BCUT2D eigenvalue weighted by atomic mass is 35.5. The molecule has 0 aliphatic carbocycles. The zero-order valence-corrected chi connectivity index (χ0v) is 20.4. The molecule has 0 atom stereocenters. The molecule has 0 aliphatic rings. The normalized spacial score (nSPS) is 10.6. The molecule has 0 saturated carbocycles. The smallest absolute Gasteiger partial charge is 0.256 e. The number of aromatic nitrogens is 2. The van der Waals surface area contributed by atoms with Crippen LogP contribution in [0.15, 0.2) is 79.1 Å². The number of carbonyl (C=O) groups is 1. The van der Waals surface area contributed by atoms with Gasteiger partial charge in [-0.15, -0.1) is 0 Å². The molecular weight excluding hydrogens is 460 g/mol. The minimum Gasteiger partial charge on any atom is -0.495 e. The molecule has 0 saturated heterocycles. The molecule has 2 aromatic heterocycles. The van der Waals surface area contributed by atoms with Gasteiger partial charge in [0.05, 0.1) is 36.5 Å². The van der Waals surface area contributed by atoms with Crippen molar-refractivity contribution in [3.05, 3.63) is 101 Å². The second-order valence-electron chi connectivity index (χ2n) is 8.04. The van der Waals surface area contributed by atoms with Crippen molar-refractivity contribution in [2.45, 2.75) is 19.9 Å². The summed E-state index contributed by atoms with van der Waals surface area (Å²) in [6.45, 7) is 2.61. The first-order chi connectivity index (χ1) is 17.0. The number of carbonyl (C=O) groups excluding carboxylic acids is 1. The largest absolute Gasteiger partial charge is 0.495 e. The topological polar surface area (TPSA) is 71.2 Å². The molecule has 0 bridgehead atoms. The lowest BCUT2D eigenvalue weighted by Crippen LogP contribution is -2.31. The summed E-state index contributed by atoms with van der Waals surface area (Å²) in [6.07, 6.45) is 3.67. The summed E-state index contributed by atoms with van der Waals surface area (Å²) in [5.41, 5.74) is 4.82. The van der Waals surface area contributed by atoms with Crippen LogP contribution in [0.25, 0.3) is 16.9 Å². The van der Waals surface area contributed by atoms with Crippen LogP contribution in [0.3, 0.4) is 0 Å². The second-order valence-corrected chi connectivity index (χ2v) is 8.48. The van der Waals surface area contributed by atoms with Crippen molar-refractivity contribution in [3.63, 3.8) is 0 Å². The van der Waals surface area contributed by atoms with Gasteiger partial charge in [-0.05, 0) is 54.4 Å². The van der Waals surface area contributed by atoms with Crippen molar-refractivity contribution in [2.24, 2.45) is 0 Å². The summed E-state index contributed by atoms with van der Waals surface area (Å²) in [6, 6.07) is 23.0. The lowest BCUT2D eigenvalue weighted by molar-refractivity contribution is 0.0746. The average molecular weight is 485 g/mol. The molecule has 7 heteroatoms. The van der Waals surface area contributed by atoms with Gasteiger partial charge in [-0.3, -0.25) is 9.78 Å². The van der Waals surface area contributed by atoms with Crippen LogP contribution in [0.5, 0.6) is 5.75 Å². The minimum atomic E-state index is -0.148. The Morgan fingerprint density at radius 3 is 2.60 bits per heavy atom. The molecule has 0 N–H and O–H groups in total. The van der Waals surface area contributed by atoms with E-state index in [1.165, 1.54) is 0 Å². The fourth-order valence-electron chi connectivity index (χ4n) is 4.10. The van der Waals surface area contributed by atoms with Gasteiger partial charge in [0.2, 0.25) is 0 Å². The van der Waals surface area contributed by atoms with E-state index in [1.54, 1.807) is 24.4 Å². The molecule has 0 radical (unpaired) electrons. The van der Waals surface area contributed by atoms with Gasteiger partial charge in [0.15, 0.2) is 0 Å². The van der Waals surface area contributed by atoms with Gasteiger partial charge in [0.25, 0.3) is 5.91 Å². The Labute approximate surface area is 210 Å². The van der Waals surface area contributed by atoms with Crippen molar-refractivity contribution in [1.29, 1.82) is 5.26 Å². The lowest BCUT2D eigenvalue weighted by atomic mass is 10.1. The average Bonchev–Trinajstić information content (AvgIpc) is 3.23. The Hall–Kier alpha value is -4.08. The van der Waals surface area contributed by atoms with E-state index in [9.17, 15) is 10.1 Å². The summed E-state index contributed by atoms with van der Waals surface area (Å²) in [7, 11) is 1.63. The van der Waals surface area contributed by atoms with Crippen LogP contribution in [0.1, 0.15) is 28.0 Å². The molecule has 35 heavy (non-hydrogen) atoms. The number of hydrogen-bond acceptors (Lipinski definition) is 4. The van der Waals surface area contributed by atoms with E-state index in [4.69, 9.17) is 16.3 Å². The number of amides is 1. The van der Waals surface area contributed by atoms with Crippen molar-refractivity contribution in [3.8, 4) is 28.8 Å². The zero-order valence-electron chi connectivity index (χ0n) is 19.6. The van der Waals surface area contributed by atoms with E-state index < -0.39 is 0 Å². The van der Waals surface area contributed by atoms with Gasteiger partial charge >= 0.3 is 0 Å². The Morgan fingerprint density at radius 1 is 1.14 bits per heavy atom. The number of benzene rings is 2. The number of nitrogens with zero attached hydrogens (tertiary/aromatic N) is 4. The third-order valence-electron chi connectivity index (χ3n) is 5.82. The van der Waals surface area contributed by atoms with Crippen LogP contribution in [0.2, 0.25) is 5.02 Å². The summed E-state index contributed by atoms with van der Waals surface area (Å²) in [4.78, 5) is 19.7. The monoisotopic (exact) mass is 484 g/mol. The van der Waals surface area contributed by atoms with E-state index in [0.717, 1.165) is 28.2 Å². The number of nitriles is 1. The standard InChI is InChI=1S/C28H25ClN4O2/c1-20-24(28(34)32(16-6-14-30)19-21-7-5-15-31-18-21)17-26(22-10-12-23(29)13-11-22)33(20)25-8-3-4-9-27(25)35-2/h3-5,7-13,15,17-18H,6,16,19H2,1-2H3. The number of ether oxygens (including phenoxy) is 1. The third kappa shape index (κ3) is 5.21. The van der Waals surface area contributed by atoms with Crippen LogP contribution in [0.4, 0.5) is 0 Å². The molecule has 0 fully saturated rings. The maximum atomic E-state index is 13.8. The van der Waals surface area contributed by atoms with Gasteiger partial charge in [-0.1, -0.05) is 41.9 Å². The van der Waals surface area contributed by atoms with Crippen molar-refractivity contribution in [1.82, 2.24) is 14.5 Å². The van der Waals surface area contributed by atoms with Gasteiger partial charge in [0, 0.05) is 36.2 Å². The highest BCUT2D eigenvalue weighted by Gasteiger charge is 2.25. The van der Waals surface area contributed by atoms with E-state index in [0.29, 0.717) is 29.4 Å². The van der Waals surface area contributed by atoms with Gasteiger partial charge < -0.3 is 14.2 Å². The first-order valence-corrected chi connectivity index (χ1v) is 11.6. The molecule has 0 aliphatic heterocycles. The quantitative estimate of drug-likeness (QED) is 0.304. The number of halogens is 1. The van der Waals surface area contributed by atoms with Crippen LogP contribution in [-0.4, -0.2) is 34.0 Å². The maximum absolute atomic E-state index is 13.8. The van der Waals surface area contributed by atoms with E-state index in [1.807, 2.05) is 78.2 Å². The maximum Gasteiger partial charge on any atom is 0.256 e. The number of pyridine rings is 1. The number of para-hydroxylation sites is 2. The third-order valence-corrected chi connectivity index (χ3v) is 6.07. The Bertz CT molecular complexity index is 1360. The lowest BCUT2D eigenvalue weighted by Gasteiger charge is -2.22. The molecule has 4 aromatic rings. The number of methoxy groups -OCH3 is 1. The second kappa shape index (κ2) is 10.9. The molecule has 0 spiro atoms.